The van der Waals surface area contributed by atoms with Gasteiger partial charge in [-0.15, -0.1) is 0 Å². The Labute approximate surface area is 128 Å². The Hall–Kier alpha value is -1.55. The van der Waals surface area contributed by atoms with E-state index >= 15 is 0 Å². The fourth-order valence-electron chi connectivity index (χ4n) is 2.68. The lowest BCUT2D eigenvalue weighted by atomic mass is 10.1. The summed E-state index contributed by atoms with van der Waals surface area (Å²) in [5.74, 6) is 1.45. The lowest BCUT2D eigenvalue weighted by molar-refractivity contribution is 0.388. The smallest absolute Gasteiger partial charge is 0.134 e. The predicted molar refractivity (Wildman–Crippen MR) is 84.0 cm³/mol. The molecule has 3 rings (SSSR count). The molecule has 0 radical (unpaired) electrons. The third-order valence-electron chi connectivity index (χ3n) is 3.75. The van der Waals surface area contributed by atoms with Crippen molar-refractivity contribution in [1.82, 2.24) is 9.55 Å². The van der Waals surface area contributed by atoms with E-state index in [1.807, 2.05) is 4.57 Å². The van der Waals surface area contributed by atoms with Gasteiger partial charge in [-0.2, -0.15) is 0 Å². The molecular weight excluding hydrogens is 289 g/mol. The van der Waals surface area contributed by atoms with Crippen LogP contribution in [-0.4, -0.2) is 9.55 Å². The zero-order chi connectivity index (χ0) is 15.4. The van der Waals surface area contributed by atoms with Gasteiger partial charge < -0.3 is 10.3 Å². The second-order valence-corrected chi connectivity index (χ2v) is 6.99. The second-order valence-electron chi connectivity index (χ2n) is 6.58. The lowest BCUT2D eigenvalue weighted by Crippen LogP contribution is -2.25. The van der Waals surface area contributed by atoms with E-state index in [1.54, 1.807) is 12.1 Å². The first-order valence-electron chi connectivity index (χ1n) is 7.13. The van der Waals surface area contributed by atoms with Crippen molar-refractivity contribution in [2.45, 2.75) is 45.1 Å². The van der Waals surface area contributed by atoms with Crippen LogP contribution in [0.25, 0.3) is 11.3 Å². The minimum Gasteiger partial charge on any atom is -0.383 e. The summed E-state index contributed by atoms with van der Waals surface area (Å²) < 4.78 is 16.2. The number of nitrogens with zero attached hydrogens (tertiary/aromatic N) is 2. The van der Waals surface area contributed by atoms with E-state index in [2.05, 4.69) is 25.8 Å². The summed E-state index contributed by atoms with van der Waals surface area (Å²) in [6.45, 7) is 6.22. The summed E-state index contributed by atoms with van der Waals surface area (Å²) in [4.78, 5) is 4.64. The van der Waals surface area contributed by atoms with Crippen molar-refractivity contribution < 1.29 is 4.39 Å². The van der Waals surface area contributed by atoms with Gasteiger partial charge in [-0.1, -0.05) is 17.7 Å². The summed E-state index contributed by atoms with van der Waals surface area (Å²) in [5, 5.41) is 0.336. The van der Waals surface area contributed by atoms with Gasteiger partial charge in [0.05, 0.1) is 10.6 Å². The lowest BCUT2D eigenvalue weighted by Gasteiger charge is -2.25. The molecule has 0 bridgehead atoms. The third kappa shape index (κ3) is 2.42. The Morgan fingerprint density at radius 3 is 2.52 bits per heavy atom. The summed E-state index contributed by atoms with van der Waals surface area (Å²) in [6, 6.07) is 4.62. The average molecular weight is 308 g/mol. The molecule has 1 heterocycles. The van der Waals surface area contributed by atoms with Gasteiger partial charge in [0.1, 0.15) is 23.2 Å². The molecule has 0 spiro atoms. The number of nitrogens with two attached hydrogens (primary N) is 1. The molecule has 2 aromatic rings. The third-order valence-corrected chi connectivity index (χ3v) is 4.07. The van der Waals surface area contributed by atoms with Crippen molar-refractivity contribution in [3.63, 3.8) is 0 Å². The highest BCUT2D eigenvalue weighted by atomic mass is 35.5. The Balaban J connectivity index is 2.25. The van der Waals surface area contributed by atoms with Crippen molar-refractivity contribution in [2.75, 3.05) is 5.73 Å². The monoisotopic (exact) mass is 307 g/mol. The second kappa shape index (κ2) is 4.73. The van der Waals surface area contributed by atoms with Crippen LogP contribution in [0.3, 0.4) is 0 Å². The van der Waals surface area contributed by atoms with E-state index in [9.17, 15) is 4.39 Å². The number of hydrogen-bond donors (Lipinski definition) is 1. The first kappa shape index (κ1) is 14.4. The molecule has 1 aliphatic rings. The number of anilines is 1. The molecule has 0 amide bonds. The van der Waals surface area contributed by atoms with Crippen LogP contribution in [-0.2, 0) is 5.54 Å². The quantitative estimate of drug-likeness (QED) is 0.884. The zero-order valence-electron chi connectivity index (χ0n) is 12.5. The van der Waals surface area contributed by atoms with Crippen LogP contribution >= 0.6 is 11.6 Å². The Morgan fingerprint density at radius 2 is 2.00 bits per heavy atom. The molecule has 5 heteroatoms. The molecule has 112 valence electrons. The first-order chi connectivity index (χ1) is 9.80. The minimum absolute atomic E-state index is 0.203. The number of hydrogen-bond acceptors (Lipinski definition) is 2. The molecule has 1 aromatic heterocycles. The molecule has 2 N–H and O–H groups in total. The van der Waals surface area contributed by atoms with Gasteiger partial charge in [-0.05, 0) is 45.7 Å². The average Bonchev–Trinajstić information content (AvgIpc) is 3.13. The van der Waals surface area contributed by atoms with Gasteiger partial charge in [0.2, 0.25) is 0 Å². The number of benzene rings is 1. The number of rotatable bonds is 2. The standard InChI is InChI=1S/C16H19ClFN3/c1-16(2,3)21-14(19)13(20-15(21)9-7-8-9)12-10(17)5-4-6-11(12)18/h4-6,9H,7-8,19H2,1-3H3. The summed E-state index contributed by atoms with van der Waals surface area (Å²) in [6.07, 6.45) is 2.22. The van der Waals surface area contributed by atoms with Gasteiger partial charge >= 0.3 is 0 Å². The van der Waals surface area contributed by atoms with Gasteiger partial charge in [0, 0.05) is 11.5 Å². The molecule has 0 aliphatic heterocycles. The van der Waals surface area contributed by atoms with Gasteiger partial charge in [0.15, 0.2) is 0 Å². The van der Waals surface area contributed by atoms with Crippen LogP contribution in [0.4, 0.5) is 10.2 Å². The Morgan fingerprint density at radius 1 is 1.33 bits per heavy atom. The van der Waals surface area contributed by atoms with Crippen molar-refractivity contribution in [3.05, 3.63) is 34.9 Å². The summed E-state index contributed by atoms with van der Waals surface area (Å²) in [5.41, 5.74) is 6.84. The molecule has 1 aliphatic carbocycles. The molecule has 3 nitrogen and oxygen atoms in total. The summed E-state index contributed by atoms with van der Waals surface area (Å²) in [7, 11) is 0. The van der Waals surface area contributed by atoms with E-state index < -0.39 is 5.82 Å². The number of imidazole rings is 1. The minimum atomic E-state index is -0.393. The van der Waals surface area contributed by atoms with Crippen molar-refractivity contribution in [3.8, 4) is 11.3 Å². The number of halogens is 2. The van der Waals surface area contributed by atoms with Crippen LogP contribution in [0.2, 0.25) is 5.02 Å². The maximum absolute atomic E-state index is 14.2. The maximum Gasteiger partial charge on any atom is 0.134 e. The van der Waals surface area contributed by atoms with Crippen LogP contribution < -0.4 is 5.73 Å². The van der Waals surface area contributed by atoms with Crippen molar-refractivity contribution in [1.29, 1.82) is 0 Å². The van der Waals surface area contributed by atoms with E-state index in [4.69, 9.17) is 17.3 Å². The molecule has 0 saturated heterocycles. The first-order valence-corrected chi connectivity index (χ1v) is 7.51. The molecule has 1 aromatic carbocycles. The molecule has 1 saturated carbocycles. The van der Waals surface area contributed by atoms with Crippen LogP contribution in [0.15, 0.2) is 18.2 Å². The highest BCUT2D eigenvalue weighted by Crippen LogP contribution is 2.45. The van der Waals surface area contributed by atoms with Gasteiger partial charge in [0.25, 0.3) is 0 Å². The predicted octanol–water partition coefficient (Wildman–Crippen LogP) is 4.56. The van der Waals surface area contributed by atoms with E-state index in [1.165, 1.54) is 6.07 Å². The molecule has 0 atom stereocenters. The van der Waals surface area contributed by atoms with Crippen molar-refractivity contribution in [2.24, 2.45) is 0 Å². The largest absolute Gasteiger partial charge is 0.383 e. The molecule has 1 fully saturated rings. The Bertz CT molecular complexity index is 676. The van der Waals surface area contributed by atoms with Crippen molar-refractivity contribution >= 4 is 17.4 Å². The molecule has 0 unspecified atom stereocenters. The zero-order valence-corrected chi connectivity index (χ0v) is 13.2. The fourth-order valence-corrected chi connectivity index (χ4v) is 2.93. The van der Waals surface area contributed by atoms with Crippen LogP contribution in [0.1, 0.15) is 45.4 Å². The van der Waals surface area contributed by atoms with Crippen LogP contribution in [0, 0.1) is 5.82 Å². The van der Waals surface area contributed by atoms with Crippen LogP contribution in [0.5, 0.6) is 0 Å². The molecule has 21 heavy (non-hydrogen) atoms. The number of aromatic nitrogens is 2. The summed E-state index contributed by atoms with van der Waals surface area (Å²) >= 11 is 6.16. The van der Waals surface area contributed by atoms with Gasteiger partial charge in [-0.3, -0.25) is 0 Å². The van der Waals surface area contributed by atoms with E-state index in [0.717, 1.165) is 18.7 Å². The SMILES string of the molecule is CC(C)(C)n1c(C2CC2)nc(-c2c(F)cccc2Cl)c1N. The van der Waals surface area contributed by atoms with E-state index in [0.29, 0.717) is 28.0 Å². The fraction of sp³-hybridized carbons (Fsp3) is 0.438. The highest BCUT2D eigenvalue weighted by molar-refractivity contribution is 6.33. The number of nitrogen functional groups attached to an aromatic ring is 1. The topological polar surface area (TPSA) is 43.8 Å². The maximum atomic E-state index is 14.2. The highest BCUT2D eigenvalue weighted by Gasteiger charge is 2.35. The van der Waals surface area contributed by atoms with Gasteiger partial charge in [-0.25, -0.2) is 9.37 Å². The normalized spacial score (nSPS) is 15.5. The van der Waals surface area contributed by atoms with E-state index in [-0.39, 0.29) is 5.54 Å². The molecular formula is C16H19ClFN3. The Kier molecular flexibility index (Phi) is 3.24.